The van der Waals surface area contributed by atoms with E-state index in [1.807, 2.05) is 42.5 Å². The highest BCUT2D eigenvalue weighted by Gasteiger charge is 2.14. The SMILES string of the molecule is CC(C)c1ccccc1-n1c(=O)cc(-c2ccc(Cl)cc2)sc1=NC(=O)c1ccccc1. The molecule has 32 heavy (non-hydrogen) atoms. The zero-order valence-electron chi connectivity index (χ0n) is 17.7. The smallest absolute Gasteiger partial charge is 0.269 e. The molecule has 0 atom stereocenters. The predicted molar refractivity (Wildman–Crippen MR) is 131 cm³/mol. The van der Waals surface area contributed by atoms with Crippen LogP contribution in [0.2, 0.25) is 5.02 Å². The van der Waals surface area contributed by atoms with Crippen molar-refractivity contribution in [3.05, 3.63) is 116 Å². The van der Waals surface area contributed by atoms with Crippen LogP contribution in [0, 0.1) is 0 Å². The molecule has 0 N–H and O–H groups in total. The number of carbonyl (C=O) groups excluding carboxylic acids is 1. The molecule has 0 saturated heterocycles. The second-order valence-electron chi connectivity index (χ2n) is 7.57. The summed E-state index contributed by atoms with van der Waals surface area (Å²) < 4.78 is 1.53. The first-order valence-corrected chi connectivity index (χ1v) is 11.4. The summed E-state index contributed by atoms with van der Waals surface area (Å²) in [5, 5.41) is 0.613. The molecule has 0 saturated carbocycles. The van der Waals surface area contributed by atoms with Crippen molar-refractivity contribution >= 4 is 28.8 Å². The van der Waals surface area contributed by atoms with E-state index in [1.54, 1.807) is 42.5 Å². The average Bonchev–Trinajstić information content (AvgIpc) is 2.80. The fourth-order valence-corrected chi connectivity index (χ4v) is 4.55. The lowest BCUT2D eigenvalue weighted by Crippen LogP contribution is -2.31. The van der Waals surface area contributed by atoms with Crippen molar-refractivity contribution < 1.29 is 4.79 Å². The highest BCUT2D eigenvalue weighted by atomic mass is 35.5. The van der Waals surface area contributed by atoms with Crippen molar-refractivity contribution in [2.24, 2.45) is 4.99 Å². The molecule has 0 radical (unpaired) electrons. The minimum atomic E-state index is -0.398. The molecule has 0 aliphatic carbocycles. The van der Waals surface area contributed by atoms with E-state index in [0.29, 0.717) is 20.3 Å². The molecule has 4 rings (SSSR count). The van der Waals surface area contributed by atoms with Crippen LogP contribution in [0.15, 0.2) is 94.7 Å². The zero-order valence-corrected chi connectivity index (χ0v) is 19.2. The number of aromatic nitrogens is 1. The number of benzene rings is 3. The largest absolute Gasteiger partial charge is 0.279 e. The number of amides is 1. The zero-order chi connectivity index (χ0) is 22.7. The van der Waals surface area contributed by atoms with Crippen LogP contribution in [0.25, 0.3) is 16.1 Å². The van der Waals surface area contributed by atoms with E-state index in [4.69, 9.17) is 11.6 Å². The molecule has 0 aliphatic rings. The van der Waals surface area contributed by atoms with Crippen molar-refractivity contribution in [2.75, 3.05) is 0 Å². The molecule has 0 unspecified atom stereocenters. The van der Waals surface area contributed by atoms with Gasteiger partial charge in [-0.2, -0.15) is 4.99 Å². The molecule has 1 amide bonds. The van der Waals surface area contributed by atoms with E-state index in [0.717, 1.165) is 16.8 Å². The lowest BCUT2D eigenvalue weighted by molar-refractivity contribution is 0.0998. The van der Waals surface area contributed by atoms with Gasteiger partial charge in [-0.15, -0.1) is 0 Å². The van der Waals surface area contributed by atoms with E-state index in [9.17, 15) is 9.59 Å². The Labute approximate surface area is 195 Å². The maximum absolute atomic E-state index is 13.4. The third-order valence-electron chi connectivity index (χ3n) is 5.01. The maximum atomic E-state index is 13.4. The van der Waals surface area contributed by atoms with Crippen LogP contribution in [0.1, 0.15) is 35.7 Å². The molecule has 1 heterocycles. The first-order valence-electron chi connectivity index (χ1n) is 10.2. The predicted octanol–water partition coefficient (Wildman–Crippen LogP) is 6.08. The van der Waals surface area contributed by atoms with Gasteiger partial charge in [0.1, 0.15) is 0 Å². The Kier molecular flexibility index (Phi) is 6.49. The van der Waals surface area contributed by atoms with Crippen LogP contribution >= 0.6 is 22.9 Å². The first kappa shape index (κ1) is 21.9. The molecule has 0 aliphatic heterocycles. The maximum Gasteiger partial charge on any atom is 0.279 e. The Morgan fingerprint density at radius 2 is 1.59 bits per heavy atom. The van der Waals surface area contributed by atoms with Gasteiger partial charge in [-0.05, 0) is 47.4 Å². The third kappa shape index (κ3) is 4.64. The van der Waals surface area contributed by atoms with Crippen LogP contribution in [-0.2, 0) is 0 Å². The minimum absolute atomic E-state index is 0.191. The second-order valence-corrected chi connectivity index (χ2v) is 9.02. The second kappa shape index (κ2) is 9.47. The van der Waals surface area contributed by atoms with Crippen molar-refractivity contribution in [1.29, 1.82) is 0 Å². The van der Waals surface area contributed by atoms with Crippen molar-refractivity contribution in [3.63, 3.8) is 0 Å². The van der Waals surface area contributed by atoms with E-state index in [2.05, 4.69) is 18.8 Å². The summed E-state index contributed by atoms with van der Waals surface area (Å²) >= 11 is 7.32. The van der Waals surface area contributed by atoms with E-state index in [-0.39, 0.29) is 11.5 Å². The van der Waals surface area contributed by atoms with E-state index >= 15 is 0 Å². The summed E-state index contributed by atoms with van der Waals surface area (Å²) in [6, 6.07) is 25.4. The van der Waals surface area contributed by atoms with Crippen LogP contribution in [0.5, 0.6) is 0 Å². The summed E-state index contributed by atoms with van der Waals surface area (Å²) in [6.45, 7) is 4.14. The van der Waals surface area contributed by atoms with Gasteiger partial charge in [0.05, 0.1) is 5.69 Å². The fourth-order valence-electron chi connectivity index (χ4n) is 3.41. The van der Waals surface area contributed by atoms with Gasteiger partial charge in [-0.25, -0.2) is 0 Å². The number of hydrogen-bond acceptors (Lipinski definition) is 3. The molecule has 3 aromatic carbocycles. The molecular formula is C26H21ClN2O2S. The van der Waals surface area contributed by atoms with Crippen LogP contribution in [0.3, 0.4) is 0 Å². The van der Waals surface area contributed by atoms with Gasteiger partial charge in [0.2, 0.25) is 4.80 Å². The number of hydrogen-bond donors (Lipinski definition) is 0. The normalized spacial score (nSPS) is 11.7. The number of rotatable bonds is 4. The van der Waals surface area contributed by atoms with Gasteiger partial charge in [0, 0.05) is 21.5 Å². The van der Waals surface area contributed by atoms with Crippen LogP contribution in [-0.4, -0.2) is 10.5 Å². The number of carbonyl (C=O) groups is 1. The van der Waals surface area contributed by atoms with Crippen molar-refractivity contribution in [2.45, 2.75) is 19.8 Å². The third-order valence-corrected chi connectivity index (χ3v) is 6.30. The first-order chi connectivity index (χ1) is 15.4. The summed E-state index contributed by atoms with van der Waals surface area (Å²) in [4.78, 5) is 31.7. The topological polar surface area (TPSA) is 51.4 Å². The van der Waals surface area contributed by atoms with Crippen molar-refractivity contribution in [3.8, 4) is 16.1 Å². The molecule has 160 valence electrons. The number of nitrogens with zero attached hydrogens (tertiary/aromatic N) is 2. The molecule has 0 bridgehead atoms. The Bertz CT molecular complexity index is 1390. The molecule has 4 aromatic rings. The highest BCUT2D eigenvalue weighted by Crippen LogP contribution is 2.25. The standard InChI is InChI=1S/C26H21ClN2O2S/c1-17(2)21-10-6-7-11-22(21)29-24(30)16-23(18-12-14-20(27)15-13-18)32-26(29)28-25(31)19-8-4-3-5-9-19/h3-17H,1-2H3. The Morgan fingerprint density at radius 1 is 0.938 bits per heavy atom. The Balaban J connectivity index is 2.00. The van der Waals surface area contributed by atoms with Crippen LogP contribution < -0.4 is 10.4 Å². The quantitative estimate of drug-likeness (QED) is 0.370. The summed E-state index contributed by atoms with van der Waals surface area (Å²) in [7, 11) is 0. The van der Waals surface area contributed by atoms with Gasteiger partial charge >= 0.3 is 0 Å². The molecular weight excluding hydrogens is 440 g/mol. The minimum Gasteiger partial charge on any atom is -0.269 e. The lowest BCUT2D eigenvalue weighted by atomic mass is 10.0. The van der Waals surface area contributed by atoms with E-state index < -0.39 is 5.91 Å². The monoisotopic (exact) mass is 460 g/mol. The summed E-state index contributed by atoms with van der Waals surface area (Å²) in [5.41, 5.74) is 2.79. The number of halogens is 1. The molecule has 1 aromatic heterocycles. The summed E-state index contributed by atoms with van der Waals surface area (Å²) in [6.07, 6.45) is 0. The summed E-state index contributed by atoms with van der Waals surface area (Å²) in [5.74, 6) is -0.206. The molecule has 4 nitrogen and oxygen atoms in total. The van der Waals surface area contributed by atoms with Gasteiger partial charge in [-0.1, -0.05) is 85.3 Å². The molecule has 0 spiro atoms. The van der Waals surface area contributed by atoms with Gasteiger partial charge in [0.15, 0.2) is 0 Å². The van der Waals surface area contributed by atoms with Crippen LogP contribution in [0.4, 0.5) is 0 Å². The van der Waals surface area contributed by atoms with Crippen molar-refractivity contribution in [1.82, 2.24) is 4.57 Å². The van der Waals surface area contributed by atoms with Gasteiger partial charge in [0.25, 0.3) is 11.5 Å². The molecule has 0 fully saturated rings. The van der Waals surface area contributed by atoms with Gasteiger partial charge < -0.3 is 0 Å². The molecule has 6 heteroatoms. The van der Waals surface area contributed by atoms with E-state index in [1.165, 1.54) is 15.9 Å². The lowest BCUT2D eigenvalue weighted by Gasteiger charge is -2.15. The Morgan fingerprint density at radius 3 is 2.28 bits per heavy atom. The fraction of sp³-hybridized carbons (Fsp3) is 0.115. The Hall–Kier alpha value is -3.28. The number of para-hydroxylation sites is 1. The highest BCUT2D eigenvalue weighted by molar-refractivity contribution is 7.12. The van der Waals surface area contributed by atoms with Gasteiger partial charge in [-0.3, -0.25) is 14.2 Å². The average molecular weight is 461 g/mol.